The molecule has 0 aromatic carbocycles. The number of nitrogens with zero attached hydrogens (tertiary/aromatic N) is 3. The van der Waals surface area contributed by atoms with E-state index in [4.69, 9.17) is 11.5 Å². The van der Waals surface area contributed by atoms with Crippen LogP contribution in [0.2, 0.25) is 0 Å². The van der Waals surface area contributed by atoms with Gasteiger partial charge < -0.3 is 16.8 Å². The molecule has 0 radical (unpaired) electrons. The number of hydrogen-bond acceptors (Lipinski definition) is 7. The van der Waals surface area contributed by atoms with Crippen LogP contribution in [0.3, 0.4) is 0 Å². The fourth-order valence-corrected chi connectivity index (χ4v) is 4.65. The van der Waals surface area contributed by atoms with Crippen LogP contribution in [-0.4, -0.2) is 52.5 Å². The average molecular weight is 382 g/mol. The highest BCUT2D eigenvalue weighted by molar-refractivity contribution is 7.88. The molecule has 0 saturated carbocycles. The Morgan fingerprint density at radius 3 is 2.19 bits per heavy atom. The van der Waals surface area contributed by atoms with Crippen molar-refractivity contribution in [2.45, 2.75) is 38.8 Å². The SMILES string of the molecule is CC1NCCc2c(N)n[nH]c21.CC1c2[nH]nc(N)c2CCN1S(C)(=O)=O. The molecule has 0 bridgehead atoms. The van der Waals surface area contributed by atoms with Crippen molar-refractivity contribution in [1.29, 1.82) is 0 Å². The quantitative estimate of drug-likeness (QED) is 0.466. The molecule has 2 aromatic rings. The van der Waals surface area contributed by atoms with Gasteiger partial charge in [-0.1, -0.05) is 0 Å². The van der Waals surface area contributed by atoms with Crippen molar-refractivity contribution in [2.75, 3.05) is 30.8 Å². The molecule has 0 saturated heterocycles. The third-order valence-corrected chi connectivity index (χ3v) is 6.33. The summed E-state index contributed by atoms with van der Waals surface area (Å²) in [5.41, 5.74) is 15.4. The minimum atomic E-state index is -3.16. The predicted molar refractivity (Wildman–Crippen MR) is 99.8 cm³/mol. The lowest BCUT2D eigenvalue weighted by Crippen LogP contribution is -2.38. The van der Waals surface area contributed by atoms with Gasteiger partial charge in [-0.2, -0.15) is 14.5 Å². The molecule has 2 aliphatic heterocycles. The normalized spacial score (nSPS) is 22.9. The molecule has 2 atom stereocenters. The van der Waals surface area contributed by atoms with Gasteiger partial charge in [-0.05, 0) is 33.2 Å². The number of aromatic nitrogens is 4. The zero-order valence-corrected chi connectivity index (χ0v) is 16.0. The number of rotatable bonds is 1. The molecule has 0 aliphatic carbocycles. The zero-order chi connectivity index (χ0) is 19.1. The van der Waals surface area contributed by atoms with Crippen LogP contribution in [0.1, 0.15) is 48.4 Å². The van der Waals surface area contributed by atoms with Gasteiger partial charge in [0.1, 0.15) is 11.6 Å². The lowest BCUT2D eigenvalue weighted by Gasteiger charge is -2.30. The van der Waals surface area contributed by atoms with Crippen molar-refractivity contribution in [3.63, 3.8) is 0 Å². The minimum Gasteiger partial charge on any atom is -0.382 e. The lowest BCUT2D eigenvalue weighted by atomic mass is 10.0. The predicted octanol–water partition coefficient (Wildman–Crippen LogP) is 0.0692. The van der Waals surface area contributed by atoms with E-state index >= 15 is 0 Å². The Hall–Kier alpha value is -2.11. The highest BCUT2D eigenvalue weighted by Crippen LogP contribution is 2.31. The Morgan fingerprint density at radius 1 is 1.04 bits per heavy atom. The second-order valence-corrected chi connectivity index (χ2v) is 8.66. The van der Waals surface area contributed by atoms with Gasteiger partial charge in [0.15, 0.2) is 0 Å². The second-order valence-electron chi connectivity index (χ2n) is 6.73. The topological polar surface area (TPSA) is 159 Å². The molecule has 2 aromatic heterocycles. The first kappa shape index (κ1) is 18.7. The lowest BCUT2D eigenvalue weighted by molar-refractivity contribution is 0.324. The summed E-state index contributed by atoms with van der Waals surface area (Å²) in [6.45, 7) is 5.40. The van der Waals surface area contributed by atoms with Gasteiger partial charge in [-0.25, -0.2) is 8.42 Å². The molecule has 2 unspecified atom stereocenters. The zero-order valence-electron chi connectivity index (χ0n) is 15.2. The van der Waals surface area contributed by atoms with Gasteiger partial charge in [0.25, 0.3) is 0 Å². The Bertz CT molecular complexity index is 888. The van der Waals surface area contributed by atoms with E-state index in [1.54, 1.807) is 0 Å². The molecular formula is C15H26N8O2S. The van der Waals surface area contributed by atoms with Crippen molar-refractivity contribution in [3.05, 3.63) is 22.5 Å². The van der Waals surface area contributed by atoms with Crippen LogP contribution >= 0.6 is 0 Å². The summed E-state index contributed by atoms with van der Waals surface area (Å²) >= 11 is 0. The Labute approximate surface area is 152 Å². The number of nitrogens with two attached hydrogens (primary N) is 2. The molecule has 2 aliphatic rings. The van der Waals surface area contributed by atoms with Crippen LogP contribution in [0.25, 0.3) is 0 Å². The highest BCUT2D eigenvalue weighted by Gasteiger charge is 2.32. The van der Waals surface area contributed by atoms with Crippen molar-refractivity contribution >= 4 is 21.7 Å². The van der Waals surface area contributed by atoms with E-state index in [2.05, 4.69) is 32.6 Å². The Balaban J connectivity index is 0.000000158. The van der Waals surface area contributed by atoms with E-state index in [9.17, 15) is 8.42 Å². The summed E-state index contributed by atoms with van der Waals surface area (Å²) in [5, 5.41) is 16.9. The molecule has 7 N–H and O–H groups in total. The smallest absolute Gasteiger partial charge is 0.211 e. The summed E-state index contributed by atoms with van der Waals surface area (Å²) < 4.78 is 24.4. The van der Waals surface area contributed by atoms with Crippen LogP contribution < -0.4 is 16.8 Å². The summed E-state index contributed by atoms with van der Waals surface area (Å²) in [7, 11) is -3.16. The van der Waals surface area contributed by atoms with Gasteiger partial charge in [0.05, 0.1) is 23.7 Å². The number of nitrogen functional groups attached to an aromatic ring is 2. The molecule has 0 fully saturated rings. The van der Waals surface area contributed by atoms with Gasteiger partial charge in [0.2, 0.25) is 10.0 Å². The fraction of sp³-hybridized carbons (Fsp3) is 0.600. The van der Waals surface area contributed by atoms with Gasteiger partial charge in [-0.3, -0.25) is 10.2 Å². The number of sulfonamides is 1. The van der Waals surface area contributed by atoms with Crippen molar-refractivity contribution < 1.29 is 8.42 Å². The minimum absolute atomic E-state index is 0.214. The largest absolute Gasteiger partial charge is 0.382 e. The third kappa shape index (κ3) is 3.41. The molecule has 144 valence electrons. The number of nitrogens with one attached hydrogen (secondary N) is 3. The molecule has 4 rings (SSSR count). The first-order valence-electron chi connectivity index (χ1n) is 8.55. The van der Waals surface area contributed by atoms with Crippen LogP contribution in [0.4, 0.5) is 11.6 Å². The first-order valence-corrected chi connectivity index (χ1v) is 10.4. The number of aromatic amines is 2. The van der Waals surface area contributed by atoms with Crippen LogP contribution in [-0.2, 0) is 22.9 Å². The fourth-order valence-electron chi connectivity index (χ4n) is 3.54. The first-order chi connectivity index (χ1) is 12.2. The maximum atomic E-state index is 11.5. The summed E-state index contributed by atoms with van der Waals surface area (Å²) in [5.74, 6) is 1.14. The van der Waals surface area contributed by atoms with E-state index < -0.39 is 10.0 Å². The number of hydrogen-bond donors (Lipinski definition) is 5. The van der Waals surface area contributed by atoms with Crippen LogP contribution in [0.5, 0.6) is 0 Å². The van der Waals surface area contributed by atoms with Gasteiger partial charge in [0, 0.05) is 23.7 Å². The van der Waals surface area contributed by atoms with E-state index in [0.29, 0.717) is 30.6 Å². The van der Waals surface area contributed by atoms with Crippen molar-refractivity contribution in [2.24, 2.45) is 0 Å². The maximum absolute atomic E-state index is 11.5. The molecule has 0 spiro atoms. The van der Waals surface area contributed by atoms with Gasteiger partial charge in [-0.15, -0.1) is 0 Å². The van der Waals surface area contributed by atoms with Gasteiger partial charge >= 0.3 is 0 Å². The number of H-pyrrole nitrogens is 2. The monoisotopic (exact) mass is 382 g/mol. The highest BCUT2D eigenvalue weighted by atomic mass is 32.2. The van der Waals surface area contributed by atoms with E-state index in [1.165, 1.54) is 16.1 Å². The third-order valence-electron chi connectivity index (χ3n) is 4.98. The van der Waals surface area contributed by atoms with Crippen LogP contribution in [0.15, 0.2) is 0 Å². The summed E-state index contributed by atoms with van der Waals surface area (Å²) in [6, 6.07) is 0.150. The van der Waals surface area contributed by atoms with Crippen molar-refractivity contribution in [3.8, 4) is 0 Å². The molecular weight excluding hydrogens is 356 g/mol. The standard InChI is InChI=1S/C8H14N4O2S.C7H12N4/c1-5-7-6(8(9)11-10-7)3-4-12(5)15(2,13)14;1-4-6-5(2-3-9-4)7(8)11-10-6/h5H,3-4H2,1-2H3,(H3,9,10,11);4,9H,2-3H2,1H3,(H3,8,10,11). The van der Waals surface area contributed by atoms with E-state index in [0.717, 1.165) is 29.9 Å². The van der Waals surface area contributed by atoms with E-state index in [-0.39, 0.29) is 6.04 Å². The summed E-state index contributed by atoms with van der Waals surface area (Å²) in [4.78, 5) is 0. The molecule has 26 heavy (non-hydrogen) atoms. The average Bonchev–Trinajstić information content (AvgIpc) is 3.13. The van der Waals surface area contributed by atoms with E-state index in [1.807, 2.05) is 6.92 Å². The Morgan fingerprint density at radius 2 is 1.62 bits per heavy atom. The summed E-state index contributed by atoms with van der Waals surface area (Å²) in [6.07, 6.45) is 2.82. The Kier molecular flexibility index (Phi) is 4.95. The van der Waals surface area contributed by atoms with Crippen molar-refractivity contribution in [1.82, 2.24) is 30.0 Å². The molecule has 4 heterocycles. The van der Waals surface area contributed by atoms with Crippen LogP contribution in [0, 0.1) is 0 Å². The molecule has 11 heteroatoms. The molecule has 10 nitrogen and oxygen atoms in total. The number of anilines is 2. The maximum Gasteiger partial charge on any atom is 0.211 e. The molecule has 0 amide bonds. The second kappa shape index (κ2) is 6.89. The number of fused-ring (bicyclic) bond motifs is 2.